The van der Waals surface area contributed by atoms with Crippen LogP contribution in [0.1, 0.15) is 63.3 Å². The average molecular weight is 531 g/mol. The number of aromatic amines is 1. The molecule has 2 amide bonds. The molecule has 0 radical (unpaired) electrons. The number of carbonyl (C=O) groups excluding carboxylic acids is 3. The number of amides is 2. The first kappa shape index (κ1) is 29.3. The molecule has 3 rings (SSSR count). The number of allylic oxidation sites excluding steroid dienone is 2. The third kappa shape index (κ3) is 8.11. The number of aliphatic hydroxyl groups excluding tert-OH is 1. The fourth-order valence-corrected chi connectivity index (χ4v) is 4.84. The first-order valence-corrected chi connectivity index (χ1v) is 13.2. The highest BCUT2D eigenvalue weighted by atomic mass is 19.1. The van der Waals surface area contributed by atoms with E-state index in [0.717, 1.165) is 5.57 Å². The first-order chi connectivity index (χ1) is 18.0. The number of nitrogens with zero attached hydrogens (tertiary/aromatic N) is 2. The standard InChI is InChI=1S/C28H39FN4O5/c1-17(2)26-19(4)9-10-25(35)30-11-5-7-18(3)13-21(34)14-20(29)15-24-31-16-22(32-24)27(36)33-12-6-8-23(33)28(37)38-26/h5,7,9-10,13,16-17,19-21,23,26,34H,6,8,11-12,14-15H2,1-4H3,(H,30,35)(H,31,32)/b7-5+,10-9+,18-13+/t19-,20-,21-,23-,26-/m1/s1. The Kier molecular flexibility index (Phi) is 10.4. The minimum absolute atomic E-state index is 0.0152. The topological polar surface area (TPSA) is 125 Å². The molecule has 9 nitrogen and oxygen atoms in total. The van der Waals surface area contributed by atoms with Crippen LogP contribution < -0.4 is 5.32 Å². The van der Waals surface area contributed by atoms with Gasteiger partial charge in [-0.15, -0.1) is 0 Å². The number of H-pyrrole nitrogens is 1. The third-order valence-electron chi connectivity index (χ3n) is 6.77. The maximum Gasteiger partial charge on any atom is 0.329 e. The second-order valence-corrected chi connectivity index (χ2v) is 10.4. The van der Waals surface area contributed by atoms with Crippen LogP contribution in [-0.2, 0) is 20.7 Å². The fraction of sp³-hybridized carbons (Fsp3) is 0.571. The van der Waals surface area contributed by atoms with Crippen LogP contribution in [0.2, 0.25) is 0 Å². The summed E-state index contributed by atoms with van der Waals surface area (Å²) in [5.74, 6) is -1.12. The van der Waals surface area contributed by atoms with Crippen molar-refractivity contribution in [2.75, 3.05) is 13.1 Å². The minimum atomic E-state index is -1.38. The smallest absolute Gasteiger partial charge is 0.329 e. The lowest BCUT2D eigenvalue weighted by atomic mass is 9.94. The second kappa shape index (κ2) is 13.5. The van der Waals surface area contributed by atoms with Crippen LogP contribution in [0.4, 0.5) is 4.39 Å². The van der Waals surface area contributed by atoms with E-state index in [1.807, 2.05) is 20.8 Å². The highest BCUT2D eigenvalue weighted by Gasteiger charge is 2.38. The van der Waals surface area contributed by atoms with Gasteiger partial charge in [-0.2, -0.15) is 0 Å². The van der Waals surface area contributed by atoms with E-state index in [0.29, 0.717) is 25.2 Å². The van der Waals surface area contributed by atoms with Gasteiger partial charge >= 0.3 is 5.97 Å². The Bertz CT molecular complexity index is 1080. The summed E-state index contributed by atoms with van der Waals surface area (Å²) in [6.45, 7) is 8.21. The predicted octanol–water partition coefficient (Wildman–Crippen LogP) is 3.04. The van der Waals surface area contributed by atoms with Gasteiger partial charge < -0.3 is 25.0 Å². The van der Waals surface area contributed by atoms with E-state index in [1.165, 1.54) is 17.2 Å². The Labute approximate surface area is 223 Å². The lowest BCUT2D eigenvalue weighted by Gasteiger charge is -2.29. The van der Waals surface area contributed by atoms with Crippen LogP contribution >= 0.6 is 0 Å². The molecule has 38 heavy (non-hydrogen) atoms. The van der Waals surface area contributed by atoms with Crippen molar-refractivity contribution in [2.24, 2.45) is 11.8 Å². The molecule has 1 saturated heterocycles. The molecule has 0 spiro atoms. The van der Waals surface area contributed by atoms with Crippen molar-refractivity contribution < 1.29 is 28.6 Å². The molecule has 1 fully saturated rings. The number of nitrogens with one attached hydrogen (secondary N) is 2. The number of carbonyl (C=O) groups is 3. The van der Waals surface area contributed by atoms with Crippen LogP contribution in [0.3, 0.4) is 0 Å². The van der Waals surface area contributed by atoms with Crippen molar-refractivity contribution in [3.8, 4) is 0 Å². The average Bonchev–Trinajstić information content (AvgIpc) is 3.52. The van der Waals surface area contributed by atoms with Crippen molar-refractivity contribution in [2.45, 2.75) is 77.8 Å². The lowest BCUT2D eigenvalue weighted by molar-refractivity contribution is -0.158. The van der Waals surface area contributed by atoms with Gasteiger partial charge in [0.25, 0.3) is 5.91 Å². The first-order valence-electron chi connectivity index (χ1n) is 13.2. The molecule has 2 bridgehead atoms. The molecule has 2 aliphatic heterocycles. The van der Waals surface area contributed by atoms with Crippen molar-refractivity contribution in [1.29, 1.82) is 0 Å². The zero-order valence-corrected chi connectivity index (χ0v) is 22.5. The lowest BCUT2D eigenvalue weighted by Crippen LogP contribution is -2.44. The summed E-state index contributed by atoms with van der Waals surface area (Å²) in [7, 11) is 0. The number of rotatable bonds is 1. The van der Waals surface area contributed by atoms with Gasteiger partial charge in [0.1, 0.15) is 29.8 Å². The molecule has 0 unspecified atom stereocenters. The summed E-state index contributed by atoms with van der Waals surface area (Å²) in [5.41, 5.74) is 0.906. The van der Waals surface area contributed by atoms with Gasteiger partial charge in [-0.1, -0.05) is 50.6 Å². The van der Waals surface area contributed by atoms with E-state index in [-0.39, 0.29) is 42.8 Å². The van der Waals surface area contributed by atoms with Crippen LogP contribution in [0.5, 0.6) is 0 Å². The predicted molar refractivity (Wildman–Crippen MR) is 141 cm³/mol. The van der Waals surface area contributed by atoms with Gasteiger partial charge in [-0.25, -0.2) is 14.2 Å². The van der Waals surface area contributed by atoms with Crippen LogP contribution in [0.15, 0.2) is 42.2 Å². The van der Waals surface area contributed by atoms with Crippen LogP contribution in [0.25, 0.3) is 0 Å². The summed E-state index contributed by atoms with van der Waals surface area (Å²) < 4.78 is 20.5. The highest BCUT2D eigenvalue weighted by Crippen LogP contribution is 2.25. The second-order valence-electron chi connectivity index (χ2n) is 10.4. The number of esters is 1. The molecule has 2 aliphatic rings. The van der Waals surface area contributed by atoms with E-state index >= 15 is 0 Å². The van der Waals surface area contributed by atoms with Crippen LogP contribution in [-0.4, -0.2) is 75.3 Å². The molecule has 10 heteroatoms. The van der Waals surface area contributed by atoms with E-state index < -0.39 is 36.3 Å². The van der Waals surface area contributed by atoms with Gasteiger partial charge in [-0.3, -0.25) is 9.59 Å². The molecular formula is C28H39FN4O5. The zero-order valence-electron chi connectivity index (χ0n) is 22.5. The summed E-state index contributed by atoms with van der Waals surface area (Å²) in [4.78, 5) is 47.1. The van der Waals surface area contributed by atoms with Crippen molar-refractivity contribution in [3.05, 3.63) is 53.7 Å². The molecular weight excluding hydrogens is 491 g/mol. The Morgan fingerprint density at radius 1 is 1.24 bits per heavy atom. The molecule has 0 aromatic carbocycles. The van der Waals surface area contributed by atoms with Crippen molar-refractivity contribution in [3.63, 3.8) is 0 Å². The van der Waals surface area contributed by atoms with Gasteiger partial charge in [0.05, 0.1) is 12.3 Å². The molecule has 0 saturated carbocycles. The van der Waals surface area contributed by atoms with Crippen molar-refractivity contribution in [1.82, 2.24) is 20.2 Å². The molecule has 0 aliphatic carbocycles. The summed E-state index contributed by atoms with van der Waals surface area (Å²) in [6.07, 6.45) is 7.56. The monoisotopic (exact) mass is 530 g/mol. The number of hydrogen-bond donors (Lipinski definition) is 3. The SMILES string of the molecule is CC1=C\[C@@H](O)C[C@@H](F)Cc2ncc([nH]2)C(=O)N2CCC[C@@H]2C(=O)O[C@H](C(C)C)[C@H](C)/C=C/C(=O)NC\C=C\1. The zero-order chi connectivity index (χ0) is 27.8. The molecule has 208 valence electrons. The largest absolute Gasteiger partial charge is 0.460 e. The number of imidazole rings is 1. The Hall–Kier alpha value is -3.27. The Morgan fingerprint density at radius 3 is 2.74 bits per heavy atom. The molecule has 3 N–H and O–H groups in total. The summed E-state index contributed by atoms with van der Waals surface area (Å²) in [5, 5.41) is 13.0. The van der Waals surface area contributed by atoms with Crippen LogP contribution in [0, 0.1) is 11.8 Å². The fourth-order valence-electron chi connectivity index (χ4n) is 4.84. The van der Waals surface area contributed by atoms with E-state index in [9.17, 15) is 23.9 Å². The number of ether oxygens (including phenoxy) is 1. The molecule has 5 atom stereocenters. The Balaban J connectivity index is 1.85. The van der Waals surface area contributed by atoms with E-state index in [2.05, 4.69) is 15.3 Å². The van der Waals surface area contributed by atoms with Gasteiger partial charge in [0, 0.05) is 31.8 Å². The normalized spacial score (nSPS) is 31.7. The maximum absolute atomic E-state index is 14.6. The number of aliphatic hydroxyl groups is 1. The Morgan fingerprint density at radius 2 is 2.00 bits per heavy atom. The third-order valence-corrected chi connectivity index (χ3v) is 6.77. The quantitative estimate of drug-likeness (QED) is 0.480. The number of alkyl halides is 1. The van der Waals surface area contributed by atoms with Gasteiger partial charge in [0.2, 0.25) is 5.91 Å². The molecule has 1 aromatic heterocycles. The number of halogens is 1. The highest BCUT2D eigenvalue weighted by molar-refractivity contribution is 5.95. The number of cyclic esters (lactones) is 1. The minimum Gasteiger partial charge on any atom is -0.460 e. The van der Waals surface area contributed by atoms with Crippen molar-refractivity contribution >= 4 is 17.8 Å². The number of fused-ring (bicyclic) bond motifs is 3. The van der Waals surface area contributed by atoms with Gasteiger partial charge in [0.15, 0.2) is 0 Å². The summed E-state index contributed by atoms with van der Waals surface area (Å²) >= 11 is 0. The van der Waals surface area contributed by atoms with Gasteiger partial charge in [-0.05, 0) is 31.8 Å². The van der Waals surface area contributed by atoms with E-state index in [4.69, 9.17) is 4.74 Å². The number of hydrogen-bond acceptors (Lipinski definition) is 6. The maximum atomic E-state index is 14.6. The summed E-state index contributed by atoms with van der Waals surface area (Å²) in [6, 6.07) is -0.734. The molecule has 3 heterocycles. The number of aromatic nitrogens is 2. The molecule has 1 aromatic rings. The van der Waals surface area contributed by atoms with E-state index in [1.54, 1.807) is 31.2 Å².